The van der Waals surface area contributed by atoms with Crippen molar-refractivity contribution in [1.82, 2.24) is 14.9 Å². The maximum absolute atomic E-state index is 12.3. The fraction of sp³-hybridized carbons (Fsp3) is 0.269. The zero-order chi connectivity index (χ0) is 25.1. The highest BCUT2D eigenvalue weighted by Gasteiger charge is 2.18. The number of carbonyl (C=O) groups is 1. The van der Waals surface area contributed by atoms with Gasteiger partial charge in [-0.25, -0.2) is 9.78 Å². The summed E-state index contributed by atoms with van der Waals surface area (Å²) in [5.74, 6) is 1.32. The molecule has 0 saturated carbocycles. The van der Waals surface area contributed by atoms with Gasteiger partial charge in [0.1, 0.15) is 5.75 Å². The summed E-state index contributed by atoms with van der Waals surface area (Å²) < 4.78 is 11.5. The third kappa shape index (κ3) is 4.91. The van der Waals surface area contributed by atoms with Gasteiger partial charge >= 0.3 is 5.97 Å². The number of nitrogens with one attached hydrogen (secondary N) is 2. The molecule has 0 atom stereocenters. The van der Waals surface area contributed by atoms with Crippen LogP contribution in [0.5, 0.6) is 5.75 Å². The fourth-order valence-corrected chi connectivity index (χ4v) is 4.95. The number of methoxy groups -OCH3 is 2. The number of fused-ring (bicyclic) bond motifs is 1. The molecule has 2 aromatic carbocycles. The van der Waals surface area contributed by atoms with E-state index in [1.54, 1.807) is 19.2 Å². The Hall–Kier alpha value is -3.89. The summed E-state index contributed by atoms with van der Waals surface area (Å²) in [5.41, 5.74) is 3.73. The van der Waals surface area contributed by atoms with E-state index in [9.17, 15) is 4.79 Å². The summed E-state index contributed by atoms with van der Waals surface area (Å²) >= 11 is 1.53. The van der Waals surface area contributed by atoms with E-state index in [2.05, 4.69) is 38.5 Å². The predicted molar refractivity (Wildman–Crippen MR) is 144 cm³/mol. The fourth-order valence-electron chi connectivity index (χ4n) is 4.18. The number of rotatable bonds is 7. The number of nitrogens with zero attached hydrogens (tertiary/aromatic N) is 4. The van der Waals surface area contributed by atoms with Crippen molar-refractivity contribution in [2.24, 2.45) is 0 Å². The lowest BCUT2D eigenvalue weighted by Gasteiger charge is -2.34. The number of para-hydroxylation sites is 1. The molecule has 9 nitrogen and oxygen atoms in total. The number of aromatic nitrogens is 2. The van der Waals surface area contributed by atoms with Crippen LogP contribution in [0.2, 0.25) is 0 Å². The third-order valence-electron chi connectivity index (χ3n) is 6.19. The van der Waals surface area contributed by atoms with Crippen LogP contribution in [0, 0.1) is 0 Å². The molecule has 186 valence electrons. The second-order valence-corrected chi connectivity index (χ2v) is 9.41. The minimum Gasteiger partial charge on any atom is -0.494 e. The van der Waals surface area contributed by atoms with E-state index in [1.165, 1.54) is 18.4 Å². The molecule has 0 radical (unpaired) electrons. The Morgan fingerprint density at radius 2 is 1.78 bits per heavy atom. The van der Waals surface area contributed by atoms with Crippen LogP contribution < -0.4 is 20.3 Å². The van der Waals surface area contributed by atoms with E-state index in [1.807, 2.05) is 35.7 Å². The van der Waals surface area contributed by atoms with Gasteiger partial charge in [-0.1, -0.05) is 12.1 Å². The van der Waals surface area contributed by atoms with E-state index in [-0.39, 0.29) is 0 Å². The van der Waals surface area contributed by atoms with E-state index < -0.39 is 5.97 Å². The Balaban J connectivity index is 1.44. The first kappa shape index (κ1) is 23.8. The van der Waals surface area contributed by atoms with E-state index in [0.29, 0.717) is 28.8 Å². The second kappa shape index (κ2) is 10.4. The minimum absolute atomic E-state index is 0.418. The first-order valence-corrected chi connectivity index (χ1v) is 12.5. The molecule has 4 aromatic rings. The van der Waals surface area contributed by atoms with Gasteiger partial charge in [0.05, 0.1) is 41.4 Å². The Labute approximate surface area is 213 Å². The molecule has 10 heteroatoms. The molecule has 1 fully saturated rings. The van der Waals surface area contributed by atoms with Crippen molar-refractivity contribution in [3.05, 3.63) is 59.5 Å². The van der Waals surface area contributed by atoms with Crippen LogP contribution >= 0.6 is 11.3 Å². The standard InChI is InChI=1S/C26H28N6O3S/c1-31-11-13-32(14-12-31)17-8-9-20(22(16-17)34-2)28-26-29-21-10-15-36-23(21)24(30-26)27-19-7-5-4-6-18(19)25(33)35-3/h4-10,15-16H,11-14H2,1-3H3,(H2,27,28,29,30). The highest BCUT2D eigenvalue weighted by Crippen LogP contribution is 2.35. The molecule has 0 unspecified atom stereocenters. The van der Waals surface area contributed by atoms with Gasteiger partial charge in [0.25, 0.3) is 0 Å². The van der Waals surface area contributed by atoms with Crippen LogP contribution in [-0.2, 0) is 4.74 Å². The van der Waals surface area contributed by atoms with Crippen molar-refractivity contribution in [2.75, 3.05) is 63.0 Å². The van der Waals surface area contributed by atoms with Crippen molar-refractivity contribution in [3.63, 3.8) is 0 Å². The average molecular weight is 505 g/mol. The summed E-state index contributed by atoms with van der Waals surface area (Å²) in [6.07, 6.45) is 0. The highest BCUT2D eigenvalue weighted by molar-refractivity contribution is 7.17. The Morgan fingerprint density at radius 3 is 2.56 bits per heavy atom. The van der Waals surface area contributed by atoms with Crippen LogP contribution in [0.1, 0.15) is 10.4 Å². The number of piperazine rings is 1. The number of anilines is 5. The molecule has 0 amide bonds. The Kier molecular flexibility index (Phi) is 6.88. The number of ether oxygens (including phenoxy) is 2. The van der Waals surface area contributed by atoms with Gasteiger partial charge in [0.15, 0.2) is 5.82 Å². The number of hydrogen-bond donors (Lipinski definition) is 2. The molecule has 0 bridgehead atoms. The highest BCUT2D eigenvalue weighted by atomic mass is 32.1. The quantitative estimate of drug-likeness (QED) is 0.347. The molecule has 1 aliphatic heterocycles. The van der Waals surface area contributed by atoms with Gasteiger partial charge in [0, 0.05) is 37.9 Å². The maximum atomic E-state index is 12.3. The molecular weight excluding hydrogens is 476 g/mol. The largest absolute Gasteiger partial charge is 0.494 e. The molecular formula is C26H28N6O3S. The van der Waals surface area contributed by atoms with E-state index in [4.69, 9.17) is 14.5 Å². The smallest absolute Gasteiger partial charge is 0.339 e. The summed E-state index contributed by atoms with van der Waals surface area (Å²) in [6, 6.07) is 15.3. The van der Waals surface area contributed by atoms with Crippen molar-refractivity contribution in [2.45, 2.75) is 0 Å². The topological polar surface area (TPSA) is 91.8 Å². The van der Waals surface area contributed by atoms with Gasteiger partial charge in [-0.15, -0.1) is 11.3 Å². The molecule has 0 aliphatic carbocycles. The molecule has 36 heavy (non-hydrogen) atoms. The molecule has 3 heterocycles. The van der Waals surface area contributed by atoms with Crippen LogP contribution in [-0.4, -0.2) is 68.3 Å². The molecule has 0 spiro atoms. The van der Waals surface area contributed by atoms with Gasteiger partial charge in [-0.2, -0.15) is 4.98 Å². The first-order chi connectivity index (χ1) is 17.6. The number of esters is 1. The minimum atomic E-state index is -0.418. The van der Waals surface area contributed by atoms with Crippen LogP contribution in [0.15, 0.2) is 53.9 Å². The van der Waals surface area contributed by atoms with Crippen molar-refractivity contribution < 1.29 is 14.3 Å². The van der Waals surface area contributed by atoms with Crippen LogP contribution in [0.25, 0.3) is 10.2 Å². The Bertz CT molecular complexity index is 1380. The van der Waals surface area contributed by atoms with Crippen molar-refractivity contribution in [1.29, 1.82) is 0 Å². The second-order valence-electron chi connectivity index (χ2n) is 8.49. The average Bonchev–Trinajstić information content (AvgIpc) is 3.38. The number of carbonyl (C=O) groups excluding carboxylic acids is 1. The number of hydrogen-bond acceptors (Lipinski definition) is 10. The lowest BCUT2D eigenvalue weighted by Crippen LogP contribution is -2.44. The molecule has 5 rings (SSSR count). The van der Waals surface area contributed by atoms with E-state index in [0.717, 1.165) is 47.8 Å². The first-order valence-electron chi connectivity index (χ1n) is 11.6. The molecule has 2 N–H and O–H groups in total. The SMILES string of the molecule is COC(=O)c1ccccc1Nc1nc(Nc2ccc(N3CCN(C)CC3)cc2OC)nc2ccsc12. The lowest BCUT2D eigenvalue weighted by atomic mass is 10.2. The van der Waals surface area contributed by atoms with Gasteiger partial charge in [0.2, 0.25) is 5.95 Å². The summed E-state index contributed by atoms with van der Waals surface area (Å²) in [7, 11) is 5.17. The number of thiophene rings is 1. The Morgan fingerprint density at radius 1 is 0.972 bits per heavy atom. The van der Waals surface area contributed by atoms with Gasteiger partial charge in [-0.05, 0) is 42.8 Å². The molecule has 2 aromatic heterocycles. The van der Waals surface area contributed by atoms with E-state index >= 15 is 0 Å². The summed E-state index contributed by atoms with van der Waals surface area (Å²) in [6.45, 7) is 4.02. The third-order valence-corrected chi connectivity index (χ3v) is 7.10. The van der Waals surface area contributed by atoms with Crippen LogP contribution in [0.4, 0.5) is 28.8 Å². The van der Waals surface area contributed by atoms with Crippen molar-refractivity contribution in [3.8, 4) is 5.75 Å². The normalized spacial score (nSPS) is 14.0. The van der Waals surface area contributed by atoms with Crippen LogP contribution in [0.3, 0.4) is 0 Å². The zero-order valence-corrected chi connectivity index (χ0v) is 21.3. The molecule has 1 aliphatic rings. The maximum Gasteiger partial charge on any atom is 0.339 e. The number of benzene rings is 2. The monoisotopic (exact) mass is 504 g/mol. The van der Waals surface area contributed by atoms with Gasteiger partial charge < -0.3 is 29.9 Å². The zero-order valence-electron chi connectivity index (χ0n) is 20.4. The predicted octanol–water partition coefficient (Wildman–Crippen LogP) is 4.73. The lowest BCUT2D eigenvalue weighted by molar-refractivity contribution is 0.0602. The summed E-state index contributed by atoms with van der Waals surface area (Å²) in [4.78, 5) is 26.4. The number of likely N-dealkylation sites (N-methyl/N-ethyl adjacent to an activating group) is 1. The molecule has 1 saturated heterocycles. The van der Waals surface area contributed by atoms with Gasteiger partial charge in [-0.3, -0.25) is 0 Å². The summed E-state index contributed by atoms with van der Waals surface area (Å²) in [5, 5.41) is 8.58. The van der Waals surface area contributed by atoms with Crippen molar-refractivity contribution >= 4 is 56.4 Å².